The Morgan fingerprint density at radius 1 is 1.11 bits per heavy atom. The topological polar surface area (TPSA) is 125 Å². The van der Waals surface area contributed by atoms with Gasteiger partial charge in [0.05, 0.1) is 21.7 Å². The maximum atomic E-state index is 13.6. The van der Waals surface area contributed by atoms with Gasteiger partial charge in [0.15, 0.2) is 5.76 Å². The lowest BCUT2D eigenvalue weighted by Gasteiger charge is -2.35. The molecule has 1 unspecified atom stereocenters. The third kappa shape index (κ3) is 6.22. The Bertz CT molecular complexity index is 1850. The van der Waals surface area contributed by atoms with E-state index in [1.54, 1.807) is 24.3 Å². The lowest BCUT2D eigenvalue weighted by molar-refractivity contribution is -0.169. The third-order valence-electron chi connectivity index (χ3n) is 8.59. The highest BCUT2D eigenvalue weighted by atomic mass is 32.2. The van der Waals surface area contributed by atoms with Gasteiger partial charge < -0.3 is 14.7 Å². The number of fused-ring (bicyclic) bond motifs is 1. The molecule has 1 aromatic carbocycles. The molecule has 11 nitrogen and oxygen atoms in total. The van der Waals surface area contributed by atoms with Crippen LogP contribution in [0.25, 0.3) is 21.5 Å². The first kappa shape index (κ1) is 32.3. The van der Waals surface area contributed by atoms with E-state index in [1.165, 1.54) is 28.0 Å². The highest BCUT2D eigenvalue weighted by Gasteiger charge is 2.48. The number of carbonyl (C=O) groups excluding carboxylic acids is 1. The molecule has 4 aromatic rings. The molecule has 0 bridgehead atoms. The summed E-state index contributed by atoms with van der Waals surface area (Å²) >= 11 is 1.17. The largest absolute Gasteiger partial charge is 0.408 e. The summed E-state index contributed by atoms with van der Waals surface area (Å²) in [6.45, 7) is 8.05. The molecule has 46 heavy (non-hydrogen) atoms. The zero-order chi connectivity index (χ0) is 32.8. The van der Waals surface area contributed by atoms with E-state index in [9.17, 15) is 26.4 Å². The number of amides is 1. The number of benzene rings is 1. The van der Waals surface area contributed by atoms with Crippen molar-refractivity contribution in [1.29, 1.82) is 0 Å². The molecule has 2 atom stereocenters. The number of para-hydroxylation sites is 1. The number of piperazine rings is 1. The summed E-state index contributed by atoms with van der Waals surface area (Å²) in [4.78, 5) is 25.7. The first-order chi connectivity index (χ1) is 21.8. The maximum Gasteiger partial charge on any atom is 0.408 e. The van der Waals surface area contributed by atoms with E-state index in [0.717, 1.165) is 16.2 Å². The SMILES string of the molecule is Cc1noc(-c2ccc(S(=O)(=O)N3CCN(C[C@H](C)Nc4ncnc5c(C(=O)N6CCCC6C(F)(F)F)cccc45)CC3)s2)c1C. The monoisotopic (exact) mass is 677 g/mol. The Balaban J connectivity index is 1.09. The van der Waals surface area contributed by atoms with E-state index < -0.39 is 28.1 Å². The molecular formula is C30H34F3N7O4S2. The molecule has 1 N–H and O–H groups in total. The third-order valence-corrected chi connectivity index (χ3v) is 12.0. The van der Waals surface area contributed by atoms with Crippen molar-refractivity contribution in [3.8, 4) is 10.6 Å². The molecule has 2 fully saturated rings. The van der Waals surface area contributed by atoms with Gasteiger partial charge in [-0.15, -0.1) is 11.3 Å². The van der Waals surface area contributed by atoms with Crippen LogP contribution >= 0.6 is 11.3 Å². The van der Waals surface area contributed by atoms with Gasteiger partial charge in [-0.2, -0.15) is 17.5 Å². The summed E-state index contributed by atoms with van der Waals surface area (Å²) in [5.41, 5.74) is 2.04. The van der Waals surface area contributed by atoms with Crippen LogP contribution in [0, 0.1) is 13.8 Å². The number of carbonyl (C=O) groups is 1. The second kappa shape index (κ2) is 12.5. The first-order valence-corrected chi connectivity index (χ1v) is 17.2. The Morgan fingerprint density at radius 2 is 1.87 bits per heavy atom. The Hall–Kier alpha value is -3.60. The molecule has 16 heteroatoms. The minimum atomic E-state index is -4.49. The van der Waals surface area contributed by atoms with E-state index in [-0.39, 0.29) is 40.7 Å². The highest BCUT2D eigenvalue weighted by Crippen LogP contribution is 2.36. The minimum absolute atomic E-state index is 0.0393. The number of aryl methyl sites for hydroxylation is 1. The van der Waals surface area contributed by atoms with E-state index >= 15 is 0 Å². The lowest BCUT2D eigenvalue weighted by Crippen LogP contribution is -2.50. The van der Waals surface area contributed by atoms with Crippen molar-refractivity contribution < 1.29 is 30.9 Å². The van der Waals surface area contributed by atoms with Gasteiger partial charge in [-0.05, 0) is 57.9 Å². The molecular weight excluding hydrogens is 644 g/mol. The summed E-state index contributed by atoms with van der Waals surface area (Å²) in [7, 11) is -3.67. The molecule has 2 aliphatic heterocycles. The number of rotatable bonds is 8. The molecule has 0 saturated carbocycles. The van der Waals surface area contributed by atoms with Crippen LogP contribution in [-0.4, -0.2) is 101 Å². The fourth-order valence-corrected chi connectivity index (χ4v) is 8.97. The van der Waals surface area contributed by atoms with Crippen molar-refractivity contribution in [3.05, 3.63) is 53.5 Å². The first-order valence-electron chi connectivity index (χ1n) is 15.0. The zero-order valence-electron chi connectivity index (χ0n) is 25.5. The van der Waals surface area contributed by atoms with Crippen molar-refractivity contribution in [3.63, 3.8) is 0 Å². The van der Waals surface area contributed by atoms with Crippen LogP contribution < -0.4 is 5.32 Å². The summed E-state index contributed by atoms with van der Waals surface area (Å²) in [6, 6.07) is 6.28. The van der Waals surface area contributed by atoms with Crippen molar-refractivity contribution >= 4 is 44.0 Å². The van der Waals surface area contributed by atoms with E-state index in [0.29, 0.717) is 54.6 Å². The molecule has 3 aromatic heterocycles. The van der Waals surface area contributed by atoms with Crippen LogP contribution in [0.3, 0.4) is 0 Å². The fraction of sp³-hybridized carbons (Fsp3) is 0.467. The molecule has 2 saturated heterocycles. The normalized spacial score (nSPS) is 19.2. The number of likely N-dealkylation sites (tertiary alicyclic amines) is 1. The number of nitrogens with one attached hydrogen (secondary N) is 1. The number of nitrogens with zero attached hydrogens (tertiary/aromatic N) is 6. The second-order valence-corrected chi connectivity index (χ2v) is 15.0. The van der Waals surface area contributed by atoms with Gasteiger partial charge in [0.25, 0.3) is 15.9 Å². The fourth-order valence-electron chi connectivity index (χ4n) is 6.05. The summed E-state index contributed by atoms with van der Waals surface area (Å²) < 4.78 is 74.6. The van der Waals surface area contributed by atoms with Crippen LogP contribution in [0.4, 0.5) is 19.0 Å². The molecule has 0 spiro atoms. The number of alkyl halides is 3. The minimum Gasteiger partial charge on any atom is -0.366 e. The molecule has 1 amide bonds. The van der Waals surface area contributed by atoms with Crippen molar-refractivity contribution in [2.75, 3.05) is 44.6 Å². The predicted molar refractivity (Wildman–Crippen MR) is 167 cm³/mol. The summed E-state index contributed by atoms with van der Waals surface area (Å²) in [5, 5.41) is 7.85. The van der Waals surface area contributed by atoms with Gasteiger partial charge in [0.1, 0.15) is 22.4 Å². The van der Waals surface area contributed by atoms with Crippen molar-refractivity contribution in [2.45, 2.75) is 56.1 Å². The number of aromatic nitrogens is 3. The number of hydrogen-bond donors (Lipinski definition) is 1. The Kier molecular flexibility index (Phi) is 8.82. The smallest absolute Gasteiger partial charge is 0.366 e. The van der Waals surface area contributed by atoms with Gasteiger partial charge in [-0.25, -0.2) is 18.4 Å². The molecule has 5 heterocycles. The standard InChI is InChI=1S/C30H34F3N7O4S2/c1-18(16-38-12-14-39(15-13-38)46(42,43)25-10-9-23(45-25)27-19(2)20(3)37-44-27)36-28-21-6-4-7-22(26(21)34-17-35-28)29(41)40-11-5-8-24(40)30(31,32)33/h4,6-7,9-10,17-18,24H,5,8,11-16H2,1-3H3,(H,34,35,36)/t18-,24?/m0/s1. The molecule has 0 aliphatic carbocycles. The zero-order valence-corrected chi connectivity index (χ0v) is 27.2. The number of sulfonamides is 1. The maximum absolute atomic E-state index is 13.6. The second-order valence-electron chi connectivity index (χ2n) is 11.7. The van der Waals surface area contributed by atoms with Gasteiger partial charge >= 0.3 is 6.18 Å². The van der Waals surface area contributed by atoms with Crippen LogP contribution in [0.2, 0.25) is 0 Å². The van der Waals surface area contributed by atoms with Gasteiger partial charge in [0.2, 0.25) is 0 Å². The average Bonchev–Trinajstić information content (AvgIpc) is 3.78. The van der Waals surface area contributed by atoms with Gasteiger partial charge in [0, 0.05) is 56.3 Å². The van der Waals surface area contributed by atoms with Crippen LogP contribution in [0.15, 0.2) is 45.4 Å². The average molecular weight is 678 g/mol. The Morgan fingerprint density at radius 3 is 2.57 bits per heavy atom. The Labute approximate surface area is 268 Å². The van der Waals surface area contributed by atoms with E-state index in [1.807, 2.05) is 20.8 Å². The number of hydrogen-bond acceptors (Lipinski definition) is 10. The van der Waals surface area contributed by atoms with Gasteiger partial charge in [-0.3, -0.25) is 9.69 Å². The number of anilines is 1. The number of halogens is 3. The molecule has 2 aliphatic rings. The molecule has 0 radical (unpaired) electrons. The highest BCUT2D eigenvalue weighted by molar-refractivity contribution is 7.91. The van der Waals surface area contributed by atoms with Crippen LogP contribution in [-0.2, 0) is 10.0 Å². The van der Waals surface area contributed by atoms with Crippen LogP contribution in [0.5, 0.6) is 0 Å². The summed E-state index contributed by atoms with van der Waals surface area (Å²) in [6.07, 6.45) is -3.02. The quantitative estimate of drug-likeness (QED) is 0.276. The molecule has 246 valence electrons. The number of thiophene rings is 1. The van der Waals surface area contributed by atoms with E-state index in [4.69, 9.17) is 4.52 Å². The summed E-state index contributed by atoms with van der Waals surface area (Å²) in [5.74, 6) is 0.349. The predicted octanol–water partition coefficient (Wildman–Crippen LogP) is 4.94. The van der Waals surface area contributed by atoms with Crippen molar-refractivity contribution in [2.24, 2.45) is 0 Å². The van der Waals surface area contributed by atoms with Crippen LogP contribution in [0.1, 0.15) is 41.4 Å². The van der Waals surface area contributed by atoms with Gasteiger partial charge in [-0.1, -0.05) is 11.2 Å². The molecule has 6 rings (SSSR count). The van der Waals surface area contributed by atoms with Crippen molar-refractivity contribution in [1.82, 2.24) is 29.2 Å². The lowest BCUT2D eigenvalue weighted by atomic mass is 10.1. The van der Waals surface area contributed by atoms with E-state index in [2.05, 4.69) is 25.3 Å².